The minimum atomic E-state index is 0.692. The van der Waals surface area contributed by atoms with Gasteiger partial charge in [0.15, 0.2) is 0 Å². The molecular weight excluding hydrogens is 212 g/mol. The van der Waals surface area contributed by atoms with Crippen LogP contribution in [0.4, 0.5) is 0 Å². The van der Waals surface area contributed by atoms with Gasteiger partial charge in [-0.25, -0.2) is 0 Å². The van der Waals surface area contributed by atoms with Crippen LogP contribution < -0.4 is 5.32 Å². The number of rotatable bonds is 6. The first-order chi connectivity index (χ1) is 8.11. The summed E-state index contributed by atoms with van der Waals surface area (Å²) < 4.78 is 5.72. The standard InChI is InChI=1S/C14H24N2O/c1-10(12-5-6-12)16(4)9-13-7-14(8-15-3)17-11(13)2/h7,10,12,15H,5-6,8-9H2,1-4H3. The molecule has 0 spiro atoms. The highest BCUT2D eigenvalue weighted by Gasteiger charge is 2.30. The van der Waals surface area contributed by atoms with Gasteiger partial charge in [-0.05, 0) is 52.8 Å². The molecule has 1 saturated carbocycles. The van der Waals surface area contributed by atoms with E-state index in [4.69, 9.17) is 4.42 Å². The Kier molecular flexibility index (Phi) is 3.89. The summed E-state index contributed by atoms with van der Waals surface area (Å²) in [6.07, 6.45) is 2.81. The second-order valence-electron chi connectivity index (χ2n) is 5.32. The van der Waals surface area contributed by atoms with Gasteiger partial charge in [0.2, 0.25) is 0 Å². The third kappa shape index (κ3) is 3.11. The molecule has 1 N–H and O–H groups in total. The molecule has 96 valence electrons. The smallest absolute Gasteiger partial charge is 0.118 e. The lowest BCUT2D eigenvalue weighted by Gasteiger charge is -2.24. The first-order valence-corrected chi connectivity index (χ1v) is 6.55. The quantitative estimate of drug-likeness (QED) is 0.823. The van der Waals surface area contributed by atoms with Crippen LogP contribution in [0.5, 0.6) is 0 Å². The predicted octanol–water partition coefficient (Wildman–Crippen LogP) is 2.54. The monoisotopic (exact) mass is 236 g/mol. The Morgan fingerprint density at radius 3 is 2.82 bits per heavy atom. The molecule has 0 saturated heterocycles. The lowest BCUT2D eigenvalue weighted by molar-refractivity contribution is 0.225. The number of furan rings is 1. The molecule has 17 heavy (non-hydrogen) atoms. The summed E-state index contributed by atoms with van der Waals surface area (Å²) >= 11 is 0. The minimum Gasteiger partial charge on any atom is -0.465 e. The van der Waals surface area contributed by atoms with Crippen LogP contribution in [0.25, 0.3) is 0 Å². The van der Waals surface area contributed by atoms with Crippen molar-refractivity contribution in [2.24, 2.45) is 5.92 Å². The van der Waals surface area contributed by atoms with E-state index in [9.17, 15) is 0 Å². The number of nitrogens with one attached hydrogen (secondary N) is 1. The third-order valence-electron chi connectivity index (χ3n) is 3.84. The Bertz CT molecular complexity index is 368. The van der Waals surface area contributed by atoms with Crippen molar-refractivity contribution in [3.8, 4) is 0 Å². The normalized spacial score (nSPS) is 17.7. The number of hydrogen-bond donors (Lipinski definition) is 1. The average molecular weight is 236 g/mol. The van der Waals surface area contributed by atoms with Crippen molar-refractivity contribution < 1.29 is 4.42 Å². The molecule has 1 aromatic rings. The maximum absolute atomic E-state index is 5.72. The topological polar surface area (TPSA) is 28.4 Å². The first-order valence-electron chi connectivity index (χ1n) is 6.55. The molecular formula is C14H24N2O. The summed E-state index contributed by atoms with van der Waals surface area (Å²) in [4.78, 5) is 2.44. The van der Waals surface area contributed by atoms with Crippen molar-refractivity contribution in [3.05, 3.63) is 23.2 Å². The molecule has 1 heterocycles. The molecule has 1 atom stereocenters. The summed E-state index contributed by atoms with van der Waals surface area (Å²) in [6.45, 7) is 6.20. The zero-order valence-corrected chi connectivity index (χ0v) is 11.4. The molecule has 1 aliphatic carbocycles. The fourth-order valence-electron chi connectivity index (χ4n) is 2.36. The van der Waals surface area contributed by atoms with E-state index >= 15 is 0 Å². The molecule has 3 heteroatoms. The zero-order valence-electron chi connectivity index (χ0n) is 11.4. The molecule has 2 rings (SSSR count). The van der Waals surface area contributed by atoms with Gasteiger partial charge in [0.25, 0.3) is 0 Å². The van der Waals surface area contributed by atoms with E-state index in [-0.39, 0.29) is 0 Å². The number of nitrogens with zero attached hydrogens (tertiary/aromatic N) is 1. The van der Waals surface area contributed by atoms with Crippen LogP contribution in [0.1, 0.15) is 36.8 Å². The molecule has 0 bridgehead atoms. The van der Waals surface area contributed by atoms with Crippen molar-refractivity contribution in [3.63, 3.8) is 0 Å². The molecule has 1 unspecified atom stereocenters. The SMILES string of the molecule is CNCc1cc(CN(C)C(C)C2CC2)c(C)o1. The summed E-state index contributed by atoms with van der Waals surface area (Å²) in [5.41, 5.74) is 1.32. The Morgan fingerprint density at radius 1 is 1.53 bits per heavy atom. The van der Waals surface area contributed by atoms with Gasteiger partial charge >= 0.3 is 0 Å². The predicted molar refractivity (Wildman–Crippen MR) is 69.9 cm³/mol. The molecule has 1 fully saturated rings. The van der Waals surface area contributed by atoms with E-state index < -0.39 is 0 Å². The van der Waals surface area contributed by atoms with Crippen molar-refractivity contribution in [1.29, 1.82) is 0 Å². The van der Waals surface area contributed by atoms with Gasteiger partial charge in [-0.2, -0.15) is 0 Å². The van der Waals surface area contributed by atoms with Gasteiger partial charge in [-0.3, -0.25) is 4.90 Å². The third-order valence-corrected chi connectivity index (χ3v) is 3.84. The molecule has 0 aliphatic heterocycles. The molecule has 1 aromatic heterocycles. The minimum absolute atomic E-state index is 0.692. The Hall–Kier alpha value is -0.800. The maximum atomic E-state index is 5.72. The summed E-state index contributed by atoms with van der Waals surface area (Å²) in [5.74, 6) is 3.02. The molecule has 0 radical (unpaired) electrons. The zero-order chi connectivity index (χ0) is 12.4. The van der Waals surface area contributed by atoms with Gasteiger partial charge in [0.05, 0.1) is 6.54 Å². The van der Waals surface area contributed by atoms with Crippen LogP contribution in [0.3, 0.4) is 0 Å². The van der Waals surface area contributed by atoms with Gasteiger partial charge in [0.1, 0.15) is 11.5 Å². The van der Waals surface area contributed by atoms with Crippen molar-refractivity contribution in [1.82, 2.24) is 10.2 Å². The second kappa shape index (κ2) is 5.23. The Morgan fingerprint density at radius 2 is 2.24 bits per heavy atom. The number of hydrogen-bond acceptors (Lipinski definition) is 3. The maximum Gasteiger partial charge on any atom is 0.118 e. The fourth-order valence-corrected chi connectivity index (χ4v) is 2.36. The van der Waals surface area contributed by atoms with Gasteiger partial charge < -0.3 is 9.73 Å². The lowest BCUT2D eigenvalue weighted by atomic mass is 10.1. The molecule has 0 amide bonds. The Balaban J connectivity index is 1.96. The summed E-state index contributed by atoms with van der Waals surface area (Å²) in [5, 5.41) is 3.12. The van der Waals surface area contributed by atoms with Crippen LogP contribution in [-0.4, -0.2) is 25.0 Å². The van der Waals surface area contributed by atoms with E-state index in [1.54, 1.807) is 0 Å². The largest absolute Gasteiger partial charge is 0.465 e. The van der Waals surface area contributed by atoms with E-state index in [1.165, 1.54) is 18.4 Å². The highest BCUT2D eigenvalue weighted by atomic mass is 16.3. The van der Waals surface area contributed by atoms with Crippen LogP contribution in [-0.2, 0) is 13.1 Å². The van der Waals surface area contributed by atoms with Gasteiger partial charge in [0, 0.05) is 18.2 Å². The van der Waals surface area contributed by atoms with Crippen LogP contribution in [0, 0.1) is 12.8 Å². The summed E-state index contributed by atoms with van der Waals surface area (Å²) in [6, 6.07) is 2.87. The fraction of sp³-hybridized carbons (Fsp3) is 0.714. The Labute approximate surface area is 104 Å². The summed E-state index contributed by atoms with van der Waals surface area (Å²) in [7, 11) is 4.16. The first kappa shape index (κ1) is 12.7. The molecule has 0 aromatic carbocycles. The van der Waals surface area contributed by atoms with Crippen molar-refractivity contribution >= 4 is 0 Å². The highest BCUT2D eigenvalue weighted by molar-refractivity contribution is 5.20. The average Bonchev–Trinajstić information content (AvgIpc) is 3.06. The highest BCUT2D eigenvalue weighted by Crippen LogP contribution is 2.35. The van der Waals surface area contributed by atoms with Gasteiger partial charge in [-0.1, -0.05) is 0 Å². The van der Waals surface area contributed by atoms with Crippen LogP contribution >= 0.6 is 0 Å². The molecule has 3 nitrogen and oxygen atoms in total. The van der Waals surface area contributed by atoms with E-state index in [1.807, 2.05) is 7.05 Å². The van der Waals surface area contributed by atoms with Crippen LogP contribution in [0.15, 0.2) is 10.5 Å². The van der Waals surface area contributed by atoms with Crippen molar-refractivity contribution in [2.45, 2.75) is 45.8 Å². The van der Waals surface area contributed by atoms with E-state index in [0.717, 1.165) is 30.5 Å². The van der Waals surface area contributed by atoms with Crippen molar-refractivity contribution in [2.75, 3.05) is 14.1 Å². The second-order valence-corrected chi connectivity index (χ2v) is 5.32. The van der Waals surface area contributed by atoms with Crippen LogP contribution in [0.2, 0.25) is 0 Å². The number of aryl methyl sites for hydroxylation is 1. The lowest BCUT2D eigenvalue weighted by Crippen LogP contribution is -2.30. The van der Waals surface area contributed by atoms with E-state index in [0.29, 0.717) is 6.04 Å². The van der Waals surface area contributed by atoms with E-state index in [2.05, 4.69) is 37.2 Å². The van der Waals surface area contributed by atoms with Gasteiger partial charge in [-0.15, -0.1) is 0 Å². The molecule has 1 aliphatic rings.